The van der Waals surface area contributed by atoms with E-state index in [1.807, 2.05) is 6.92 Å². The number of rotatable bonds is 7. The fraction of sp³-hybridized carbons (Fsp3) is 0.375. The number of pyridine rings is 1. The number of amides is 1. The minimum atomic E-state index is -1.07. The lowest BCUT2D eigenvalue weighted by Crippen LogP contribution is -2.50. The second-order valence-corrected chi connectivity index (χ2v) is 4.97. The topological polar surface area (TPSA) is 62.2 Å². The summed E-state index contributed by atoms with van der Waals surface area (Å²) in [5.74, 6) is -0.219. The molecule has 20 heavy (non-hydrogen) atoms. The van der Waals surface area contributed by atoms with Gasteiger partial charge in [-0.25, -0.2) is 0 Å². The molecule has 1 aromatic rings. The van der Waals surface area contributed by atoms with Crippen molar-refractivity contribution in [3.8, 4) is 0 Å². The molecule has 0 saturated heterocycles. The third-order valence-corrected chi connectivity index (χ3v) is 3.41. The van der Waals surface area contributed by atoms with Gasteiger partial charge in [0.15, 0.2) is 0 Å². The molecule has 0 aliphatic carbocycles. The molecule has 0 fully saturated rings. The quantitative estimate of drug-likeness (QED) is 0.750. The van der Waals surface area contributed by atoms with Crippen molar-refractivity contribution in [3.63, 3.8) is 0 Å². The first-order chi connectivity index (χ1) is 9.44. The number of carbonyl (C=O) groups excluding carboxylic acids is 1. The molecule has 1 aromatic heterocycles. The fourth-order valence-corrected chi connectivity index (χ4v) is 2.07. The van der Waals surface area contributed by atoms with Crippen molar-refractivity contribution >= 4 is 5.91 Å². The van der Waals surface area contributed by atoms with Gasteiger partial charge in [0.1, 0.15) is 0 Å². The molecule has 4 nitrogen and oxygen atoms in total. The second kappa shape index (κ2) is 7.01. The van der Waals surface area contributed by atoms with Gasteiger partial charge in [0.2, 0.25) is 0 Å². The average molecular weight is 274 g/mol. The van der Waals surface area contributed by atoms with E-state index in [2.05, 4.69) is 23.5 Å². The highest BCUT2D eigenvalue weighted by Gasteiger charge is 2.32. The first-order valence-electron chi connectivity index (χ1n) is 6.60. The molecule has 108 valence electrons. The maximum atomic E-state index is 12.2. The second-order valence-electron chi connectivity index (χ2n) is 4.97. The van der Waals surface area contributed by atoms with Gasteiger partial charge in [-0.15, -0.1) is 13.2 Å². The Morgan fingerprint density at radius 1 is 1.50 bits per heavy atom. The third-order valence-electron chi connectivity index (χ3n) is 3.41. The summed E-state index contributed by atoms with van der Waals surface area (Å²) >= 11 is 0. The van der Waals surface area contributed by atoms with Crippen LogP contribution in [0.1, 0.15) is 35.7 Å². The lowest BCUT2D eigenvalue weighted by Gasteiger charge is -2.33. The van der Waals surface area contributed by atoms with Crippen LogP contribution in [0.25, 0.3) is 0 Å². The van der Waals surface area contributed by atoms with E-state index in [0.717, 1.165) is 5.56 Å². The number of aryl methyl sites for hydroxylation is 1. The number of hydrogen-bond acceptors (Lipinski definition) is 3. The number of hydrogen-bond donors (Lipinski definition) is 2. The van der Waals surface area contributed by atoms with Crippen LogP contribution >= 0.6 is 0 Å². The average Bonchev–Trinajstić information content (AvgIpc) is 2.39. The van der Waals surface area contributed by atoms with E-state index in [1.165, 1.54) is 0 Å². The Bertz CT molecular complexity index is 487. The first-order valence-corrected chi connectivity index (χ1v) is 6.60. The zero-order valence-electron chi connectivity index (χ0n) is 12.1. The summed E-state index contributed by atoms with van der Waals surface area (Å²) < 4.78 is 0. The number of aliphatic hydroxyl groups is 1. The maximum Gasteiger partial charge on any atom is 0.251 e. The van der Waals surface area contributed by atoms with Crippen LogP contribution in [0, 0.1) is 6.92 Å². The lowest BCUT2D eigenvalue weighted by atomic mass is 9.88. The number of nitrogens with zero attached hydrogens (tertiary/aromatic N) is 1. The molecule has 0 bridgehead atoms. The van der Waals surface area contributed by atoms with Gasteiger partial charge in [0.25, 0.3) is 5.91 Å². The van der Waals surface area contributed by atoms with Crippen molar-refractivity contribution in [2.75, 3.05) is 0 Å². The summed E-state index contributed by atoms with van der Waals surface area (Å²) in [5, 5.41) is 13.4. The minimum absolute atomic E-state index is 0.219. The summed E-state index contributed by atoms with van der Waals surface area (Å²) in [4.78, 5) is 16.2. The van der Waals surface area contributed by atoms with Crippen molar-refractivity contribution in [3.05, 3.63) is 54.9 Å². The Balaban J connectivity index is 2.85. The van der Waals surface area contributed by atoms with E-state index in [-0.39, 0.29) is 5.91 Å². The first kappa shape index (κ1) is 16.1. The molecule has 1 rings (SSSR count). The molecular formula is C16H22N2O2. The number of nitrogens with one attached hydrogen (secondary N) is 1. The van der Waals surface area contributed by atoms with Crippen LogP contribution in [0.15, 0.2) is 43.8 Å². The Morgan fingerprint density at radius 2 is 2.10 bits per heavy atom. The molecular weight excluding hydrogens is 252 g/mol. The smallest absolute Gasteiger partial charge is 0.251 e. The summed E-state index contributed by atoms with van der Waals surface area (Å²) in [6.07, 6.45) is 7.27. The van der Waals surface area contributed by atoms with Crippen molar-refractivity contribution < 1.29 is 9.90 Å². The zero-order chi connectivity index (χ0) is 15.2. The van der Waals surface area contributed by atoms with Crippen LogP contribution in [-0.2, 0) is 0 Å². The van der Waals surface area contributed by atoms with Crippen molar-refractivity contribution in [2.24, 2.45) is 0 Å². The van der Waals surface area contributed by atoms with Gasteiger partial charge in [0.05, 0.1) is 11.6 Å². The molecule has 4 heteroatoms. The van der Waals surface area contributed by atoms with Gasteiger partial charge in [-0.05, 0) is 38.3 Å². The van der Waals surface area contributed by atoms with Gasteiger partial charge in [-0.1, -0.05) is 12.2 Å². The Labute approximate surface area is 120 Å². The molecule has 1 heterocycles. The summed E-state index contributed by atoms with van der Waals surface area (Å²) in [7, 11) is 0. The third kappa shape index (κ3) is 3.78. The molecule has 0 aliphatic rings. The predicted octanol–water partition coefficient (Wildman–Crippen LogP) is 2.39. The largest absolute Gasteiger partial charge is 0.387 e. The fourth-order valence-electron chi connectivity index (χ4n) is 2.07. The van der Waals surface area contributed by atoms with E-state index in [1.54, 1.807) is 37.5 Å². The Hall–Kier alpha value is -1.94. The molecule has 0 aliphatic heterocycles. The Morgan fingerprint density at radius 3 is 2.60 bits per heavy atom. The lowest BCUT2D eigenvalue weighted by molar-refractivity contribution is 0.0127. The van der Waals surface area contributed by atoms with Gasteiger partial charge in [-0.3, -0.25) is 9.78 Å². The van der Waals surface area contributed by atoms with E-state index in [0.29, 0.717) is 18.4 Å². The summed E-state index contributed by atoms with van der Waals surface area (Å²) in [6.45, 7) is 10.9. The van der Waals surface area contributed by atoms with E-state index in [4.69, 9.17) is 0 Å². The van der Waals surface area contributed by atoms with Crippen molar-refractivity contribution in [1.29, 1.82) is 0 Å². The number of aromatic nitrogens is 1. The number of carbonyl (C=O) groups is 1. The normalized spacial score (nSPS) is 12.6. The molecule has 2 N–H and O–H groups in total. The maximum absolute atomic E-state index is 12.2. The Kier molecular flexibility index (Phi) is 5.65. The highest BCUT2D eigenvalue weighted by atomic mass is 16.3. The van der Waals surface area contributed by atoms with Crippen molar-refractivity contribution in [1.82, 2.24) is 10.3 Å². The van der Waals surface area contributed by atoms with E-state index in [9.17, 15) is 9.90 Å². The highest BCUT2D eigenvalue weighted by Crippen LogP contribution is 2.21. The van der Waals surface area contributed by atoms with Crippen molar-refractivity contribution in [2.45, 2.75) is 38.3 Å². The van der Waals surface area contributed by atoms with Crippen LogP contribution in [0.5, 0.6) is 0 Å². The van der Waals surface area contributed by atoms with Gasteiger partial charge in [-0.2, -0.15) is 0 Å². The van der Waals surface area contributed by atoms with Crippen LogP contribution < -0.4 is 5.32 Å². The molecule has 1 atom stereocenters. The highest BCUT2D eigenvalue weighted by molar-refractivity contribution is 5.95. The van der Waals surface area contributed by atoms with Gasteiger partial charge >= 0.3 is 0 Å². The van der Waals surface area contributed by atoms with Crippen LogP contribution in [-0.4, -0.2) is 27.6 Å². The van der Waals surface area contributed by atoms with Crippen LogP contribution in [0.2, 0.25) is 0 Å². The molecule has 0 spiro atoms. The molecule has 0 radical (unpaired) electrons. The van der Waals surface area contributed by atoms with E-state index < -0.39 is 11.6 Å². The monoisotopic (exact) mass is 274 g/mol. The molecule has 1 amide bonds. The van der Waals surface area contributed by atoms with Gasteiger partial charge in [0, 0.05) is 18.0 Å². The SMILES string of the molecule is C=CCC(O)(CC=C)[C@@H](C)NC(=O)c1ccncc1C. The standard InChI is InChI=1S/C16H22N2O2/c1-5-8-16(20,9-6-2)13(4)18-15(19)14-7-10-17-11-12(14)3/h5-7,10-11,13,20H,1-2,8-9H2,3-4H3,(H,18,19)/t13-/m1/s1. The molecule has 0 saturated carbocycles. The van der Waals surface area contributed by atoms with Crippen LogP contribution in [0.4, 0.5) is 0 Å². The van der Waals surface area contributed by atoms with Crippen LogP contribution in [0.3, 0.4) is 0 Å². The molecule has 0 unspecified atom stereocenters. The minimum Gasteiger partial charge on any atom is -0.387 e. The summed E-state index contributed by atoms with van der Waals surface area (Å²) in [5.41, 5.74) is 0.291. The zero-order valence-corrected chi connectivity index (χ0v) is 12.1. The van der Waals surface area contributed by atoms with Gasteiger partial charge < -0.3 is 10.4 Å². The van der Waals surface area contributed by atoms with E-state index >= 15 is 0 Å². The molecule has 0 aromatic carbocycles. The summed E-state index contributed by atoms with van der Waals surface area (Å²) in [6, 6.07) is 1.25. The predicted molar refractivity (Wildman–Crippen MR) is 80.5 cm³/mol.